The largest absolute Gasteiger partial charge is 0.493 e. The van der Waals surface area contributed by atoms with Crippen molar-refractivity contribution in [3.63, 3.8) is 0 Å². The molecule has 0 saturated heterocycles. The van der Waals surface area contributed by atoms with Gasteiger partial charge in [-0.25, -0.2) is 9.59 Å². The number of ether oxygens (including phenoxy) is 1. The van der Waals surface area contributed by atoms with Gasteiger partial charge in [-0.1, -0.05) is 18.2 Å². The maximum Gasteiger partial charge on any atom is 0.334 e. The van der Waals surface area contributed by atoms with E-state index in [1.54, 1.807) is 0 Å². The number of carboxylic acids is 1. The lowest BCUT2D eigenvalue weighted by Gasteiger charge is -2.26. The average Bonchev–Trinajstić information content (AvgIpc) is 2.45. The summed E-state index contributed by atoms with van der Waals surface area (Å²) in [5, 5.41) is 22.6. The third-order valence-corrected chi connectivity index (χ3v) is 3.00. The summed E-state index contributed by atoms with van der Waals surface area (Å²) in [6.07, 6.45) is -0.978. The summed E-state index contributed by atoms with van der Waals surface area (Å²) in [7, 11) is 0. The molecular weight excluding hydrogens is 264 g/mol. The lowest BCUT2D eigenvalue weighted by molar-refractivity contribution is -0.146. The van der Waals surface area contributed by atoms with Crippen molar-refractivity contribution in [1.29, 1.82) is 0 Å². The Bertz CT molecular complexity index is 505. The Morgan fingerprint density at radius 1 is 1.40 bits per heavy atom. The number of fused-ring (bicyclic) bond motifs is 1. The molecule has 1 aliphatic heterocycles. The number of aliphatic hydroxyl groups excluding tert-OH is 1. The number of urea groups is 1. The molecule has 4 N–H and O–H groups in total. The average molecular weight is 280 g/mol. The Morgan fingerprint density at radius 3 is 2.90 bits per heavy atom. The normalized spacial score (nSPS) is 18.4. The van der Waals surface area contributed by atoms with Gasteiger partial charge in [0.25, 0.3) is 0 Å². The van der Waals surface area contributed by atoms with Crippen LogP contribution in [0.25, 0.3) is 0 Å². The minimum Gasteiger partial charge on any atom is -0.493 e. The molecule has 0 aliphatic carbocycles. The van der Waals surface area contributed by atoms with Crippen LogP contribution in [0.4, 0.5) is 4.79 Å². The second kappa shape index (κ2) is 6.25. The Balaban J connectivity index is 1.91. The van der Waals surface area contributed by atoms with Gasteiger partial charge in [-0.15, -0.1) is 0 Å². The number of nitrogens with one attached hydrogen (secondary N) is 2. The van der Waals surface area contributed by atoms with Crippen LogP contribution in [-0.4, -0.2) is 41.5 Å². The van der Waals surface area contributed by atoms with Crippen molar-refractivity contribution in [2.45, 2.75) is 18.6 Å². The molecule has 0 aromatic heterocycles. The lowest BCUT2D eigenvalue weighted by atomic mass is 10.0. The van der Waals surface area contributed by atoms with Gasteiger partial charge >= 0.3 is 12.0 Å². The summed E-state index contributed by atoms with van der Waals surface area (Å²) in [6, 6.07) is 6.69. The van der Waals surface area contributed by atoms with Crippen LogP contribution in [-0.2, 0) is 4.79 Å². The monoisotopic (exact) mass is 280 g/mol. The fourth-order valence-corrected chi connectivity index (χ4v) is 1.98. The number of hydrogen-bond donors (Lipinski definition) is 4. The summed E-state index contributed by atoms with van der Waals surface area (Å²) in [6.45, 7) is 0.158. The number of hydrogen-bond acceptors (Lipinski definition) is 4. The molecule has 0 spiro atoms. The predicted octanol–water partition coefficient (Wildman–Crippen LogP) is 0.255. The van der Waals surface area contributed by atoms with Crippen molar-refractivity contribution in [1.82, 2.24) is 10.6 Å². The van der Waals surface area contributed by atoms with Gasteiger partial charge in [0.15, 0.2) is 6.10 Å². The minimum absolute atomic E-state index is 0.193. The summed E-state index contributed by atoms with van der Waals surface area (Å²) in [4.78, 5) is 22.1. The minimum atomic E-state index is -1.61. The molecule has 0 saturated carbocycles. The van der Waals surface area contributed by atoms with Gasteiger partial charge in [0.1, 0.15) is 5.75 Å². The van der Waals surface area contributed by atoms with E-state index < -0.39 is 18.1 Å². The van der Waals surface area contributed by atoms with E-state index in [1.165, 1.54) is 0 Å². The summed E-state index contributed by atoms with van der Waals surface area (Å²) < 4.78 is 5.48. The van der Waals surface area contributed by atoms with Gasteiger partial charge in [0.05, 0.1) is 19.2 Å². The van der Waals surface area contributed by atoms with E-state index >= 15 is 0 Å². The van der Waals surface area contributed by atoms with Crippen LogP contribution in [0.3, 0.4) is 0 Å². The molecule has 1 aromatic carbocycles. The molecule has 20 heavy (non-hydrogen) atoms. The fourth-order valence-electron chi connectivity index (χ4n) is 1.98. The molecule has 108 valence electrons. The zero-order chi connectivity index (χ0) is 14.5. The number of para-hydroxylation sites is 1. The summed E-state index contributed by atoms with van der Waals surface area (Å²) in [5.74, 6) is -0.642. The highest BCUT2D eigenvalue weighted by Crippen LogP contribution is 2.31. The smallest absolute Gasteiger partial charge is 0.334 e. The van der Waals surface area contributed by atoms with E-state index in [2.05, 4.69) is 10.6 Å². The lowest BCUT2D eigenvalue weighted by Crippen LogP contribution is -2.44. The van der Waals surface area contributed by atoms with Gasteiger partial charge in [-0.05, 0) is 6.07 Å². The second-order valence-corrected chi connectivity index (χ2v) is 4.44. The van der Waals surface area contributed by atoms with Crippen molar-refractivity contribution in [3.8, 4) is 5.75 Å². The van der Waals surface area contributed by atoms with E-state index in [0.29, 0.717) is 13.0 Å². The molecule has 7 heteroatoms. The Kier molecular flexibility index (Phi) is 4.41. The van der Waals surface area contributed by atoms with Crippen molar-refractivity contribution < 1.29 is 24.5 Å². The predicted molar refractivity (Wildman–Crippen MR) is 69.5 cm³/mol. The molecule has 0 fully saturated rings. The SMILES string of the molecule is O=C(NC[C@H](O)C(=O)O)NC1CCOc2ccccc21. The van der Waals surface area contributed by atoms with Crippen LogP contribution < -0.4 is 15.4 Å². The zero-order valence-corrected chi connectivity index (χ0v) is 10.7. The number of amides is 2. The molecule has 7 nitrogen and oxygen atoms in total. The van der Waals surface area contributed by atoms with Crippen LogP contribution in [0.15, 0.2) is 24.3 Å². The molecule has 0 bridgehead atoms. The van der Waals surface area contributed by atoms with Crippen molar-refractivity contribution in [2.75, 3.05) is 13.2 Å². The number of rotatable bonds is 4. The summed E-state index contributed by atoms with van der Waals surface area (Å²) >= 11 is 0. The first-order valence-corrected chi connectivity index (χ1v) is 6.25. The molecule has 2 amide bonds. The van der Waals surface area contributed by atoms with Crippen LogP contribution in [0.2, 0.25) is 0 Å². The number of aliphatic hydroxyl groups is 1. The fraction of sp³-hybridized carbons (Fsp3) is 0.385. The van der Waals surface area contributed by atoms with Crippen molar-refractivity contribution in [2.24, 2.45) is 0 Å². The van der Waals surface area contributed by atoms with E-state index in [1.807, 2.05) is 24.3 Å². The number of carbonyl (C=O) groups excluding carboxylic acids is 1. The van der Waals surface area contributed by atoms with E-state index in [4.69, 9.17) is 14.9 Å². The van der Waals surface area contributed by atoms with E-state index in [9.17, 15) is 9.59 Å². The molecule has 1 heterocycles. The molecule has 2 atom stereocenters. The van der Waals surface area contributed by atoms with Gasteiger partial charge < -0.3 is 25.6 Å². The van der Waals surface area contributed by atoms with Gasteiger partial charge in [0.2, 0.25) is 0 Å². The molecule has 1 aliphatic rings. The highest BCUT2D eigenvalue weighted by molar-refractivity contribution is 5.77. The van der Waals surface area contributed by atoms with E-state index in [-0.39, 0.29) is 12.6 Å². The Labute approximate surface area is 115 Å². The molecule has 2 rings (SSSR count). The third kappa shape index (κ3) is 3.39. The molecule has 0 radical (unpaired) electrons. The maximum atomic E-state index is 11.7. The zero-order valence-electron chi connectivity index (χ0n) is 10.7. The maximum absolute atomic E-state index is 11.7. The van der Waals surface area contributed by atoms with E-state index in [0.717, 1.165) is 11.3 Å². The molecule has 1 aromatic rings. The van der Waals surface area contributed by atoms with Crippen LogP contribution in [0, 0.1) is 0 Å². The summed E-state index contributed by atoms with van der Waals surface area (Å²) in [5.41, 5.74) is 0.882. The van der Waals surface area contributed by atoms with Gasteiger partial charge in [-0.2, -0.15) is 0 Å². The Hall–Kier alpha value is -2.28. The first-order chi connectivity index (χ1) is 9.58. The molecular formula is C13H16N2O5. The van der Waals surface area contributed by atoms with Crippen LogP contribution in [0.5, 0.6) is 5.75 Å². The van der Waals surface area contributed by atoms with Crippen molar-refractivity contribution >= 4 is 12.0 Å². The highest BCUT2D eigenvalue weighted by Gasteiger charge is 2.23. The third-order valence-electron chi connectivity index (χ3n) is 3.00. The van der Waals surface area contributed by atoms with Crippen LogP contribution in [0.1, 0.15) is 18.0 Å². The number of carboxylic acid groups (broad SMARTS) is 1. The topological polar surface area (TPSA) is 108 Å². The van der Waals surface area contributed by atoms with Gasteiger partial charge in [0, 0.05) is 12.0 Å². The Morgan fingerprint density at radius 2 is 2.15 bits per heavy atom. The number of carbonyl (C=O) groups is 2. The first kappa shape index (κ1) is 14.1. The standard InChI is InChI=1S/C13H16N2O5/c16-10(12(17)18)7-14-13(19)15-9-5-6-20-11-4-2-1-3-8(9)11/h1-4,9-10,16H,5-7H2,(H,17,18)(H2,14,15,19)/t9?,10-/m0/s1. The number of benzene rings is 1. The van der Waals surface area contributed by atoms with Crippen molar-refractivity contribution in [3.05, 3.63) is 29.8 Å². The molecule has 1 unspecified atom stereocenters. The van der Waals surface area contributed by atoms with Gasteiger partial charge in [-0.3, -0.25) is 0 Å². The number of aliphatic carboxylic acids is 1. The highest BCUT2D eigenvalue weighted by atomic mass is 16.5. The first-order valence-electron chi connectivity index (χ1n) is 6.25. The van der Waals surface area contributed by atoms with Crippen LogP contribution >= 0.6 is 0 Å². The quantitative estimate of drug-likeness (QED) is 0.632. The second-order valence-electron chi connectivity index (χ2n) is 4.44.